The Morgan fingerprint density at radius 2 is 0.437 bits per heavy atom. The average Bonchev–Trinajstić information content (AvgIpc) is 1.64. The van der Waals surface area contributed by atoms with Gasteiger partial charge in [-0.2, -0.15) is 0 Å². The normalized spacial score (nSPS) is 18.6. The standard InChI is InChI=1S/C77H20F35N7/c78-43-36(44(79)58(93)71(106)57(43)92)29-15-1-2-16(113-15)30(37-45(80)59(94)72(107)60(95)46(37)81)18-5-6-20(115-18)32(39-49(84)63(98)74(109)64(99)50(39)85)22-9-10-24(117-22)34(41-53(88)67(102)76(111)68(103)54(41)89)26-13-14-28(119-26)35(42-55(90)69(104)77(112)70(105)56(42)91)27-12-11-25(118-27)33(40-51(86)65(100)75(110)66(101)52(40)87)23-8-7-21(116-23)31(19-4-3-17(29)114-19)38-47(82)61(96)73(108)62(97)48(38)83/h1-15,29,114-115,118-119H/b30-18-,31-21+,32-20-,33-25+,34-24+,35-27+. The van der Waals surface area contributed by atoms with Gasteiger partial charge in [0.05, 0.1) is 73.9 Å². The molecule has 8 heterocycles. The minimum atomic E-state index is -3.00. The molecule has 4 aromatic heterocycles. The summed E-state index contributed by atoms with van der Waals surface area (Å²) in [4.78, 5) is 20.1. The second-order valence-electron chi connectivity index (χ2n) is 25.4. The largest absolute Gasteiger partial charge is 0.358 e. The molecule has 2 atom stereocenters. The molecular formula is C77H20F35N7. The van der Waals surface area contributed by atoms with Crippen molar-refractivity contribution in [3.8, 4) is 0 Å². The third-order valence-corrected chi connectivity index (χ3v) is 18.9. The number of H-pyrrole nitrogens is 4. The number of hydrogen-bond acceptors (Lipinski definition) is 3. The number of nitrogens with zero attached hydrogens (tertiary/aromatic N) is 3. The molecule has 0 spiro atoms. The van der Waals surface area contributed by atoms with Crippen molar-refractivity contribution in [2.45, 2.75) is 12.0 Å². The highest BCUT2D eigenvalue weighted by molar-refractivity contribution is 6.32. The van der Waals surface area contributed by atoms with Crippen LogP contribution in [0.25, 0.3) is 33.4 Å². The van der Waals surface area contributed by atoms with Gasteiger partial charge < -0.3 is 19.9 Å². The minimum absolute atomic E-state index is 0.296. The molecule has 4 aliphatic rings. The summed E-state index contributed by atoms with van der Waals surface area (Å²) in [6.45, 7) is 0. The molecule has 0 fully saturated rings. The molecule has 0 saturated heterocycles. The van der Waals surface area contributed by atoms with Gasteiger partial charge in [0.2, 0.25) is 40.7 Å². The van der Waals surface area contributed by atoms with Gasteiger partial charge in [-0.1, -0.05) is 6.08 Å². The number of allylic oxidation sites excluding steroid dienone is 5. The van der Waals surface area contributed by atoms with Gasteiger partial charge in [-0.15, -0.1) is 0 Å². The number of aliphatic imine (C=N–C) groups is 3. The van der Waals surface area contributed by atoms with Crippen LogP contribution < -0.4 is 21.4 Å². The second-order valence-corrected chi connectivity index (χ2v) is 25.4. The molecule has 42 heteroatoms. The number of aromatic amines is 4. The number of halogens is 35. The molecule has 14 bridgehead atoms. The van der Waals surface area contributed by atoms with E-state index in [0.29, 0.717) is 85.0 Å². The molecule has 7 aromatic carbocycles. The van der Waals surface area contributed by atoms with Crippen LogP contribution in [0.3, 0.4) is 0 Å². The Morgan fingerprint density at radius 3 is 0.748 bits per heavy atom. The lowest BCUT2D eigenvalue weighted by molar-refractivity contribution is 0.364. The average molecular weight is 1710 g/mol. The van der Waals surface area contributed by atoms with Crippen LogP contribution in [0.4, 0.5) is 154 Å². The van der Waals surface area contributed by atoms with E-state index in [1.165, 1.54) is 0 Å². The number of nitrogens with one attached hydrogen (secondary N) is 4. The summed E-state index contributed by atoms with van der Waals surface area (Å²) in [6.07, 6.45) is 1.95. The van der Waals surface area contributed by atoms with Crippen LogP contribution in [0, 0.1) is 204 Å². The summed E-state index contributed by atoms with van der Waals surface area (Å²) in [5.74, 6) is -106. The predicted octanol–water partition coefficient (Wildman–Crippen LogP) is 18.2. The second kappa shape index (κ2) is 28.9. The molecule has 15 rings (SSSR count). The van der Waals surface area contributed by atoms with Crippen LogP contribution >= 0.6 is 0 Å². The number of rotatable bonds is 7. The maximum absolute atomic E-state index is 16.7. The third-order valence-electron chi connectivity index (χ3n) is 18.9. The smallest absolute Gasteiger partial charge is 0.200 e. The van der Waals surface area contributed by atoms with Gasteiger partial charge in [-0.05, 0) is 78.9 Å². The Hall–Kier alpha value is -13.6. The van der Waals surface area contributed by atoms with Crippen molar-refractivity contribution in [3.05, 3.63) is 383 Å². The predicted molar refractivity (Wildman–Crippen MR) is 342 cm³/mol. The van der Waals surface area contributed by atoms with E-state index in [1.54, 1.807) is 0 Å². The quantitative estimate of drug-likeness (QED) is 0.0694. The Balaban J connectivity index is 1.17. The Labute approximate surface area is 632 Å². The lowest BCUT2D eigenvalue weighted by Crippen LogP contribution is -2.24. The lowest BCUT2D eigenvalue weighted by atomic mass is 9.88. The third kappa shape index (κ3) is 12.1. The summed E-state index contributed by atoms with van der Waals surface area (Å²) in [5.41, 5.74) is -38.4. The van der Waals surface area contributed by atoms with E-state index in [2.05, 4.69) is 34.9 Å². The van der Waals surface area contributed by atoms with E-state index in [9.17, 15) is 0 Å². The van der Waals surface area contributed by atoms with Gasteiger partial charge in [-0.25, -0.2) is 164 Å². The summed E-state index contributed by atoms with van der Waals surface area (Å²) in [7, 11) is 0. The fraction of sp³-hybridized carbons (Fsp3) is 0.0260. The van der Waals surface area contributed by atoms with Crippen molar-refractivity contribution in [2.75, 3.05) is 0 Å². The molecule has 4 N–H and O–H groups in total. The zero-order chi connectivity index (χ0) is 86.2. The molecule has 0 saturated carbocycles. The first-order chi connectivity index (χ1) is 56.1. The maximum atomic E-state index is 16.7. The highest BCUT2D eigenvalue weighted by Crippen LogP contribution is 2.46. The van der Waals surface area contributed by atoms with Gasteiger partial charge in [0, 0.05) is 83.2 Å². The zero-order valence-corrected chi connectivity index (χ0v) is 56.3. The fourth-order valence-corrected chi connectivity index (χ4v) is 13.6. The molecule has 7 nitrogen and oxygen atoms in total. The summed E-state index contributed by atoms with van der Waals surface area (Å²) >= 11 is 0. The highest BCUT2D eigenvalue weighted by atomic mass is 19.2. The van der Waals surface area contributed by atoms with Crippen molar-refractivity contribution < 1.29 is 154 Å². The number of benzene rings is 7. The highest BCUT2D eigenvalue weighted by Gasteiger charge is 2.43. The van der Waals surface area contributed by atoms with Crippen LogP contribution in [0.1, 0.15) is 67.6 Å². The lowest BCUT2D eigenvalue weighted by Gasteiger charge is -2.22. The van der Waals surface area contributed by atoms with Gasteiger partial charge in [0.1, 0.15) is 0 Å². The van der Waals surface area contributed by atoms with Gasteiger partial charge in [-0.3, -0.25) is 4.99 Å². The first kappa shape index (κ1) is 80.6. The molecule has 4 aliphatic heterocycles. The minimum Gasteiger partial charge on any atom is -0.358 e. The van der Waals surface area contributed by atoms with Crippen molar-refractivity contribution >= 4 is 50.6 Å². The van der Waals surface area contributed by atoms with Gasteiger partial charge in [0.25, 0.3) is 0 Å². The number of aromatic nitrogens is 4. The first-order valence-corrected chi connectivity index (χ1v) is 32.3. The first-order valence-electron chi connectivity index (χ1n) is 32.3. The van der Waals surface area contributed by atoms with E-state index in [1.807, 2.05) is 0 Å². The van der Waals surface area contributed by atoms with E-state index in [-0.39, 0.29) is 0 Å². The van der Waals surface area contributed by atoms with E-state index < -0.39 is 361 Å². The number of fused-ring (bicyclic) bond motifs is 11. The Kier molecular flexibility index (Phi) is 19.6. The van der Waals surface area contributed by atoms with Crippen LogP contribution in [-0.4, -0.2) is 43.1 Å². The van der Waals surface area contributed by atoms with Gasteiger partial charge in [0.15, 0.2) is 163 Å². The van der Waals surface area contributed by atoms with E-state index in [4.69, 9.17) is 0 Å². The number of hydrogen-bond donors (Lipinski definition) is 4. The molecule has 0 amide bonds. The summed E-state index contributed by atoms with van der Waals surface area (Å²) in [6, 6.07) is 0.0586. The van der Waals surface area contributed by atoms with Crippen molar-refractivity contribution in [1.82, 2.24) is 19.9 Å². The van der Waals surface area contributed by atoms with E-state index >= 15 is 154 Å². The monoisotopic (exact) mass is 1710 g/mol. The van der Waals surface area contributed by atoms with Crippen molar-refractivity contribution in [1.29, 1.82) is 0 Å². The summed E-state index contributed by atoms with van der Waals surface area (Å²) in [5, 5.41) is -5.42. The van der Waals surface area contributed by atoms with Crippen LogP contribution in [0.5, 0.6) is 0 Å². The zero-order valence-electron chi connectivity index (χ0n) is 56.3. The van der Waals surface area contributed by atoms with E-state index in [0.717, 1.165) is 0 Å². The van der Waals surface area contributed by atoms with Crippen LogP contribution in [0.15, 0.2) is 111 Å². The van der Waals surface area contributed by atoms with Crippen molar-refractivity contribution in [2.24, 2.45) is 15.0 Å². The van der Waals surface area contributed by atoms with Crippen LogP contribution in [0.2, 0.25) is 0 Å². The SMILES string of the molecule is Fc1c(F)c(F)c(/C2=C3\C=CC(=N3)/C(c3c(F)c(F)c(F)c(F)c3F)=c3\cc/c([nH]3)=C(/c3c(F)c(F)c(F)c(F)c3F)C3=NC(C=C3)C(c3c(F)c(F)c(F)c(F)c3F)c3ccc([nH]3)/C(c3c(F)c(F)c(F)c(F)c3F)=C3/C=CC(=N3)/C(c3c(F)c(F)c(F)c(F)c3F)=c3/cc/c([nH]3)=C(\c3c(F)c(F)c(F)c(F)c3F)c3ccc2[nH]3)c(F)c1F. The Morgan fingerprint density at radius 1 is 0.202 bits per heavy atom. The fourth-order valence-electron chi connectivity index (χ4n) is 13.6. The Bertz CT molecular complexity index is 6860. The van der Waals surface area contributed by atoms with Crippen molar-refractivity contribution in [3.63, 3.8) is 0 Å². The topological polar surface area (TPSA) is 100 Å². The van der Waals surface area contributed by atoms with Gasteiger partial charge >= 0.3 is 0 Å². The van der Waals surface area contributed by atoms with Crippen LogP contribution in [-0.2, 0) is 0 Å². The molecule has 0 aliphatic carbocycles. The molecule has 608 valence electrons. The molecular weight excluding hydrogens is 1690 g/mol. The molecule has 0 radical (unpaired) electrons. The molecule has 11 aromatic rings. The summed E-state index contributed by atoms with van der Waals surface area (Å²) < 4.78 is 559. The molecule has 119 heavy (non-hydrogen) atoms. The molecule has 2 unspecified atom stereocenters. The maximum Gasteiger partial charge on any atom is 0.200 e.